The van der Waals surface area contributed by atoms with E-state index < -0.39 is 11.6 Å². The van der Waals surface area contributed by atoms with Crippen molar-refractivity contribution >= 4 is 42.9 Å². The van der Waals surface area contributed by atoms with Crippen molar-refractivity contribution in [3.8, 4) is 0 Å². The topological polar surface area (TPSA) is 48.6 Å². The van der Waals surface area contributed by atoms with Crippen LogP contribution in [-0.2, 0) is 0 Å². The van der Waals surface area contributed by atoms with Crippen LogP contribution in [0.1, 0.15) is 16.0 Å². The third kappa shape index (κ3) is 2.67. The lowest BCUT2D eigenvalue weighted by Crippen LogP contribution is -1.99. The van der Waals surface area contributed by atoms with Crippen molar-refractivity contribution in [2.75, 3.05) is 0 Å². The normalized spacial score (nSPS) is 12.8. The smallest absolute Gasteiger partial charge is 0.306 e. The van der Waals surface area contributed by atoms with Gasteiger partial charge >= 0.3 is 5.69 Å². The summed E-state index contributed by atoms with van der Waals surface area (Å²) < 4.78 is 27.1. The van der Waals surface area contributed by atoms with Crippen LogP contribution >= 0.6 is 31.9 Å². The second-order valence-electron chi connectivity index (χ2n) is 4.53. The molecule has 0 amide bonds. The second-order valence-corrected chi connectivity index (χ2v) is 6.30. The molecule has 7 heteroatoms. The third-order valence-corrected chi connectivity index (χ3v) is 4.85. The zero-order valence-electron chi connectivity index (χ0n) is 10.4. The molecule has 0 spiro atoms. The highest BCUT2D eigenvalue weighted by Crippen LogP contribution is 2.37. The van der Waals surface area contributed by atoms with E-state index in [2.05, 4.69) is 41.8 Å². The Morgan fingerprint density at radius 1 is 1.00 bits per heavy atom. The molecule has 1 atom stereocenters. The molecular formula is C14H8Br2F2N2O. The Morgan fingerprint density at radius 3 is 2.33 bits per heavy atom. The first-order valence-electron chi connectivity index (χ1n) is 5.96. The van der Waals surface area contributed by atoms with Gasteiger partial charge in [0.15, 0.2) is 11.6 Å². The lowest BCUT2D eigenvalue weighted by molar-refractivity contribution is 0.507. The summed E-state index contributed by atoms with van der Waals surface area (Å²) >= 11 is 6.90. The predicted octanol–water partition coefficient (Wildman–Crippen LogP) is 4.38. The number of halogens is 4. The Morgan fingerprint density at radius 2 is 1.67 bits per heavy atom. The summed E-state index contributed by atoms with van der Waals surface area (Å²) in [7, 11) is 0. The minimum Gasteiger partial charge on any atom is -0.306 e. The summed E-state index contributed by atoms with van der Waals surface area (Å²) in [4.78, 5) is 16.3. The predicted molar refractivity (Wildman–Crippen MR) is 83.7 cm³/mol. The summed E-state index contributed by atoms with van der Waals surface area (Å²) in [6.07, 6.45) is 0. The molecule has 0 saturated heterocycles. The van der Waals surface area contributed by atoms with Crippen LogP contribution in [0, 0.1) is 11.6 Å². The van der Waals surface area contributed by atoms with Crippen LogP contribution in [0.4, 0.5) is 8.78 Å². The number of H-pyrrole nitrogens is 2. The van der Waals surface area contributed by atoms with Crippen LogP contribution in [0.5, 0.6) is 0 Å². The monoisotopic (exact) mass is 416 g/mol. The van der Waals surface area contributed by atoms with Crippen molar-refractivity contribution in [3.63, 3.8) is 0 Å². The maximum absolute atomic E-state index is 13.4. The molecule has 1 aromatic heterocycles. The van der Waals surface area contributed by atoms with Gasteiger partial charge in [-0.15, -0.1) is 0 Å². The SMILES string of the molecule is O=c1[nH]c2cc(Br)c(C(Br)c3ccc(F)c(F)c3)cc2[nH]1. The summed E-state index contributed by atoms with van der Waals surface area (Å²) in [6.45, 7) is 0. The van der Waals surface area contributed by atoms with Crippen LogP contribution in [0.15, 0.2) is 39.6 Å². The zero-order valence-corrected chi connectivity index (χ0v) is 13.6. The van der Waals surface area contributed by atoms with Crippen molar-refractivity contribution in [1.29, 1.82) is 0 Å². The van der Waals surface area contributed by atoms with E-state index in [0.29, 0.717) is 16.6 Å². The van der Waals surface area contributed by atoms with Gasteiger partial charge in [-0.05, 0) is 35.4 Å². The number of hydrogen-bond acceptors (Lipinski definition) is 1. The maximum atomic E-state index is 13.4. The van der Waals surface area contributed by atoms with Crippen molar-refractivity contribution in [1.82, 2.24) is 9.97 Å². The van der Waals surface area contributed by atoms with E-state index in [1.165, 1.54) is 6.07 Å². The van der Waals surface area contributed by atoms with E-state index in [1.807, 2.05) is 0 Å². The van der Waals surface area contributed by atoms with Crippen LogP contribution in [0.2, 0.25) is 0 Å². The van der Waals surface area contributed by atoms with Crippen molar-refractivity contribution < 1.29 is 8.78 Å². The average Bonchev–Trinajstić information content (AvgIpc) is 2.79. The van der Waals surface area contributed by atoms with Gasteiger partial charge in [-0.1, -0.05) is 37.9 Å². The number of benzene rings is 2. The zero-order chi connectivity index (χ0) is 15.1. The van der Waals surface area contributed by atoms with Crippen LogP contribution < -0.4 is 5.69 Å². The molecule has 0 fully saturated rings. The van der Waals surface area contributed by atoms with Gasteiger partial charge in [-0.25, -0.2) is 13.6 Å². The number of fused-ring (bicyclic) bond motifs is 1. The summed E-state index contributed by atoms with van der Waals surface area (Å²) in [5.74, 6) is -1.79. The average molecular weight is 418 g/mol. The molecular weight excluding hydrogens is 410 g/mol. The van der Waals surface area contributed by atoms with Gasteiger partial charge in [0.05, 0.1) is 15.9 Å². The molecule has 21 heavy (non-hydrogen) atoms. The number of aromatic nitrogens is 2. The fourth-order valence-corrected chi connectivity index (χ4v) is 3.66. The number of hydrogen-bond donors (Lipinski definition) is 2. The first kappa shape index (κ1) is 14.5. The maximum Gasteiger partial charge on any atom is 0.323 e. The highest BCUT2D eigenvalue weighted by Gasteiger charge is 2.17. The molecule has 3 rings (SSSR count). The number of alkyl halides is 1. The molecule has 1 unspecified atom stereocenters. The minimum absolute atomic E-state index is 0.298. The third-order valence-electron chi connectivity index (χ3n) is 3.14. The molecule has 0 bridgehead atoms. The number of aromatic amines is 2. The van der Waals surface area contributed by atoms with Gasteiger partial charge in [0.1, 0.15) is 0 Å². The Labute approximate surface area is 134 Å². The summed E-state index contributed by atoms with van der Waals surface area (Å²) in [5.41, 5.74) is 2.38. The molecule has 3 nitrogen and oxygen atoms in total. The Hall–Kier alpha value is -1.47. The minimum atomic E-state index is -0.899. The molecule has 0 aliphatic rings. The van der Waals surface area contributed by atoms with E-state index in [-0.39, 0.29) is 10.5 Å². The van der Waals surface area contributed by atoms with Gasteiger partial charge in [-0.2, -0.15) is 0 Å². The fraction of sp³-hybridized carbons (Fsp3) is 0.0714. The van der Waals surface area contributed by atoms with Crippen LogP contribution in [0.25, 0.3) is 11.0 Å². The quantitative estimate of drug-likeness (QED) is 0.597. The molecule has 0 aliphatic heterocycles. The van der Waals surface area contributed by atoms with Gasteiger partial charge in [0.25, 0.3) is 0 Å². The Bertz CT molecular complexity index is 888. The fourth-order valence-electron chi connectivity index (χ4n) is 2.12. The molecule has 1 heterocycles. The van der Waals surface area contributed by atoms with E-state index in [1.54, 1.807) is 12.1 Å². The summed E-state index contributed by atoms with van der Waals surface area (Å²) in [6, 6.07) is 7.28. The van der Waals surface area contributed by atoms with Crippen molar-refractivity contribution in [2.24, 2.45) is 0 Å². The lowest BCUT2D eigenvalue weighted by Gasteiger charge is -2.13. The van der Waals surface area contributed by atoms with Gasteiger partial charge in [0, 0.05) is 4.47 Å². The number of imidazole rings is 1. The highest BCUT2D eigenvalue weighted by molar-refractivity contribution is 9.11. The van der Waals surface area contributed by atoms with Gasteiger partial charge < -0.3 is 9.97 Å². The Balaban J connectivity index is 2.11. The molecule has 108 valence electrons. The second kappa shape index (κ2) is 5.38. The lowest BCUT2D eigenvalue weighted by atomic mass is 10.0. The van der Waals surface area contributed by atoms with E-state index in [0.717, 1.165) is 22.2 Å². The molecule has 3 aromatic rings. The number of nitrogens with one attached hydrogen (secondary N) is 2. The Kier molecular flexibility index (Phi) is 3.71. The van der Waals surface area contributed by atoms with E-state index in [4.69, 9.17) is 0 Å². The van der Waals surface area contributed by atoms with Crippen LogP contribution in [0.3, 0.4) is 0 Å². The standard InChI is InChI=1S/C14H8Br2F2N2O/c15-8-5-12-11(19-14(21)20-12)4-7(8)13(16)6-1-2-9(17)10(18)3-6/h1-5,13H,(H2,19,20,21). The van der Waals surface area contributed by atoms with Crippen molar-refractivity contribution in [2.45, 2.75) is 4.83 Å². The molecule has 2 aromatic carbocycles. The first-order chi connectivity index (χ1) is 9.95. The molecule has 0 saturated carbocycles. The van der Waals surface area contributed by atoms with E-state index >= 15 is 0 Å². The highest BCUT2D eigenvalue weighted by atomic mass is 79.9. The first-order valence-corrected chi connectivity index (χ1v) is 7.67. The summed E-state index contributed by atoms with van der Waals surface area (Å²) in [5, 5.41) is 0. The number of rotatable bonds is 2. The van der Waals surface area contributed by atoms with E-state index in [9.17, 15) is 13.6 Å². The van der Waals surface area contributed by atoms with Crippen molar-refractivity contribution in [3.05, 3.63) is 68.1 Å². The molecule has 0 aliphatic carbocycles. The largest absolute Gasteiger partial charge is 0.323 e. The van der Waals surface area contributed by atoms with Gasteiger partial charge in [-0.3, -0.25) is 0 Å². The van der Waals surface area contributed by atoms with Crippen LogP contribution in [-0.4, -0.2) is 9.97 Å². The van der Waals surface area contributed by atoms with Gasteiger partial charge in [0.2, 0.25) is 0 Å². The molecule has 0 radical (unpaired) electrons. The molecule has 2 N–H and O–H groups in total.